The number of amides is 1. The summed E-state index contributed by atoms with van der Waals surface area (Å²) >= 11 is 0. The van der Waals surface area contributed by atoms with E-state index in [4.69, 9.17) is 5.73 Å². The van der Waals surface area contributed by atoms with Crippen molar-refractivity contribution in [2.75, 3.05) is 5.73 Å². The fourth-order valence-electron chi connectivity index (χ4n) is 2.23. The van der Waals surface area contributed by atoms with Crippen LogP contribution in [0, 0.1) is 5.41 Å². The number of carbonyl (C=O) groups excluding carboxylic acids is 1. The molecule has 0 saturated heterocycles. The third-order valence-electron chi connectivity index (χ3n) is 2.31. The minimum Gasteiger partial charge on any atom is -0.382 e. The zero-order valence-electron chi connectivity index (χ0n) is 11.7. The van der Waals surface area contributed by atoms with E-state index in [1.54, 1.807) is 0 Å². The predicted octanol–water partition coefficient (Wildman–Crippen LogP) is 2.00. The Balaban J connectivity index is 2.75. The molecule has 5 heteroatoms. The standard InChI is InChI=1S/C13H22N4O/c1-12(2,3)8-13(4,5)17-11(18)9-6-15-7-10(14)16-9/h6-7H,8H2,1-5H3,(H2,14,16)(H,17,18). The Morgan fingerprint density at radius 1 is 1.28 bits per heavy atom. The quantitative estimate of drug-likeness (QED) is 0.859. The minimum absolute atomic E-state index is 0.137. The molecule has 0 aliphatic rings. The molecule has 0 spiro atoms. The van der Waals surface area contributed by atoms with Gasteiger partial charge in [0.05, 0.1) is 12.4 Å². The first kappa shape index (κ1) is 14.4. The zero-order chi connectivity index (χ0) is 14.0. The van der Waals surface area contributed by atoms with Crippen molar-refractivity contribution in [3.63, 3.8) is 0 Å². The second kappa shape index (κ2) is 4.92. The lowest BCUT2D eigenvalue weighted by atomic mass is 9.82. The molecule has 0 aliphatic carbocycles. The molecule has 1 heterocycles. The van der Waals surface area contributed by atoms with Gasteiger partial charge in [0.2, 0.25) is 0 Å². The summed E-state index contributed by atoms with van der Waals surface area (Å²) in [5.41, 5.74) is 5.59. The topological polar surface area (TPSA) is 80.9 Å². The monoisotopic (exact) mass is 250 g/mol. The number of hydrogen-bond donors (Lipinski definition) is 2. The molecule has 0 bridgehead atoms. The average Bonchev–Trinajstić information content (AvgIpc) is 2.12. The van der Waals surface area contributed by atoms with Gasteiger partial charge in [-0.2, -0.15) is 0 Å². The molecule has 1 aromatic rings. The molecule has 1 rings (SSSR count). The maximum Gasteiger partial charge on any atom is 0.271 e. The molecule has 18 heavy (non-hydrogen) atoms. The Hall–Kier alpha value is -1.65. The van der Waals surface area contributed by atoms with Gasteiger partial charge in [-0.25, -0.2) is 4.98 Å². The number of carbonyl (C=O) groups is 1. The highest BCUT2D eigenvalue weighted by atomic mass is 16.2. The van der Waals surface area contributed by atoms with Crippen LogP contribution in [0.2, 0.25) is 0 Å². The van der Waals surface area contributed by atoms with Gasteiger partial charge in [-0.3, -0.25) is 9.78 Å². The van der Waals surface area contributed by atoms with E-state index in [2.05, 4.69) is 36.1 Å². The van der Waals surface area contributed by atoms with Crippen LogP contribution in [-0.4, -0.2) is 21.4 Å². The van der Waals surface area contributed by atoms with Crippen molar-refractivity contribution in [2.45, 2.75) is 46.6 Å². The normalized spacial score (nSPS) is 12.3. The van der Waals surface area contributed by atoms with E-state index in [-0.39, 0.29) is 28.4 Å². The molecule has 0 saturated carbocycles. The maximum absolute atomic E-state index is 12.0. The zero-order valence-corrected chi connectivity index (χ0v) is 11.7. The van der Waals surface area contributed by atoms with Crippen LogP contribution < -0.4 is 11.1 Å². The first-order valence-corrected chi connectivity index (χ1v) is 5.99. The average molecular weight is 250 g/mol. The van der Waals surface area contributed by atoms with Crippen LogP contribution >= 0.6 is 0 Å². The Morgan fingerprint density at radius 2 is 1.89 bits per heavy atom. The lowest BCUT2D eigenvalue weighted by Crippen LogP contribution is -2.46. The summed E-state index contributed by atoms with van der Waals surface area (Å²) in [4.78, 5) is 19.8. The number of aromatic nitrogens is 2. The summed E-state index contributed by atoms with van der Waals surface area (Å²) in [6.07, 6.45) is 3.69. The van der Waals surface area contributed by atoms with Crippen molar-refractivity contribution in [3.05, 3.63) is 18.1 Å². The van der Waals surface area contributed by atoms with Gasteiger partial charge in [-0.1, -0.05) is 20.8 Å². The molecule has 0 radical (unpaired) electrons. The number of nitrogen functional groups attached to an aromatic ring is 1. The third kappa shape index (κ3) is 4.69. The van der Waals surface area contributed by atoms with Gasteiger partial charge >= 0.3 is 0 Å². The van der Waals surface area contributed by atoms with Gasteiger partial charge in [0.1, 0.15) is 11.5 Å². The Labute approximate surface area is 108 Å². The highest BCUT2D eigenvalue weighted by Crippen LogP contribution is 2.26. The van der Waals surface area contributed by atoms with Crippen molar-refractivity contribution >= 4 is 11.7 Å². The smallest absolute Gasteiger partial charge is 0.271 e. The fraction of sp³-hybridized carbons (Fsp3) is 0.615. The number of rotatable bonds is 3. The molecule has 100 valence electrons. The van der Waals surface area contributed by atoms with E-state index >= 15 is 0 Å². The van der Waals surface area contributed by atoms with E-state index < -0.39 is 0 Å². The summed E-state index contributed by atoms with van der Waals surface area (Å²) < 4.78 is 0. The van der Waals surface area contributed by atoms with Crippen LogP contribution in [0.25, 0.3) is 0 Å². The van der Waals surface area contributed by atoms with Crippen LogP contribution in [0.1, 0.15) is 51.5 Å². The van der Waals surface area contributed by atoms with E-state index in [9.17, 15) is 4.79 Å². The lowest BCUT2D eigenvalue weighted by Gasteiger charge is -2.33. The van der Waals surface area contributed by atoms with E-state index in [0.717, 1.165) is 6.42 Å². The van der Waals surface area contributed by atoms with Gasteiger partial charge in [0.15, 0.2) is 0 Å². The van der Waals surface area contributed by atoms with Gasteiger partial charge in [-0.05, 0) is 25.7 Å². The molecular formula is C13H22N4O. The molecule has 0 atom stereocenters. The molecule has 0 aliphatic heterocycles. The summed E-state index contributed by atoms with van der Waals surface area (Å²) in [5, 5.41) is 2.96. The van der Waals surface area contributed by atoms with Gasteiger partial charge in [0, 0.05) is 5.54 Å². The SMILES string of the molecule is CC(C)(C)CC(C)(C)NC(=O)c1cncc(N)n1. The lowest BCUT2D eigenvalue weighted by molar-refractivity contribution is 0.0886. The number of nitrogens with one attached hydrogen (secondary N) is 1. The number of anilines is 1. The van der Waals surface area contributed by atoms with Gasteiger partial charge < -0.3 is 11.1 Å². The minimum atomic E-state index is -0.304. The summed E-state index contributed by atoms with van der Waals surface area (Å²) in [6, 6.07) is 0. The van der Waals surface area contributed by atoms with E-state index in [0.29, 0.717) is 0 Å². The van der Waals surface area contributed by atoms with Crippen molar-refractivity contribution in [1.29, 1.82) is 0 Å². The Morgan fingerprint density at radius 3 is 2.39 bits per heavy atom. The molecule has 0 fully saturated rings. The summed E-state index contributed by atoms with van der Waals surface area (Å²) in [5.74, 6) is 0.000303. The highest BCUT2D eigenvalue weighted by molar-refractivity contribution is 5.92. The first-order valence-electron chi connectivity index (χ1n) is 5.99. The number of nitrogens with two attached hydrogens (primary N) is 1. The van der Waals surface area contributed by atoms with Crippen LogP contribution in [0.15, 0.2) is 12.4 Å². The third-order valence-corrected chi connectivity index (χ3v) is 2.31. The molecule has 1 amide bonds. The molecule has 0 aromatic carbocycles. The molecule has 5 nitrogen and oxygen atoms in total. The summed E-state index contributed by atoms with van der Waals surface area (Å²) in [7, 11) is 0. The van der Waals surface area contributed by atoms with Crippen LogP contribution in [0.4, 0.5) is 5.82 Å². The van der Waals surface area contributed by atoms with E-state index in [1.807, 2.05) is 13.8 Å². The van der Waals surface area contributed by atoms with Gasteiger partial charge in [0.25, 0.3) is 5.91 Å². The fourth-order valence-corrected chi connectivity index (χ4v) is 2.23. The second-order valence-corrected chi connectivity index (χ2v) is 6.40. The van der Waals surface area contributed by atoms with Crippen molar-refractivity contribution < 1.29 is 4.79 Å². The van der Waals surface area contributed by atoms with Gasteiger partial charge in [-0.15, -0.1) is 0 Å². The van der Waals surface area contributed by atoms with Crippen molar-refractivity contribution in [1.82, 2.24) is 15.3 Å². The van der Waals surface area contributed by atoms with Crippen LogP contribution in [-0.2, 0) is 0 Å². The molecule has 3 N–H and O–H groups in total. The van der Waals surface area contributed by atoms with Crippen molar-refractivity contribution in [3.8, 4) is 0 Å². The summed E-state index contributed by atoms with van der Waals surface area (Å²) in [6.45, 7) is 10.4. The highest BCUT2D eigenvalue weighted by Gasteiger charge is 2.27. The molecule has 0 unspecified atom stereocenters. The number of hydrogen-bond acceptors (Lipinski definition) is 4. The predicted molar refractivity (Wildman–Crippen MR) is 72.1 cm³/mol. The molecule has 1 aromatic heterocycles. The number of nitrogens with zero attached hydrogens (tertiary/aromatic N) is 2. The van der Waals surface area contributed by atoms with Crippen LogP contribution in [0.3, 0.4) is 0 Å². The first-order chi connectivity index (χ1) is 8.09. The second-order valence-electron chi connectivity index (χ2n) is 6.40. The van der Waals surface area contributed by atoms with Crippen molar-refractivity contribution in [2.24, 2.45) is 5.41 Å². The molecular weight excluding hydrogens is 228 g/mol. The Kier molecular flexibility index (Phi) is 3.94. The largest absolute Gasteiger partial charge is 0.382 e. The maximum atomic E-state index is 12.0. The van der Waals surface area contributed by atoms with Crippen LogP contribution in [0.5, 0.6) is 0 Å². The Bertz CT molecular complexity index is 435. The van der Waals surface area contributed by atoms with E-state index in [1.165, 1.54) is 12.4 Å².